The molecule has 2 nitrogen and oxygen atoms in total. The van der Waals surface area contributed by atoms with Crippen molar-refractivity contribution in [3.05, 3.63) is 59.4 Å². The van der Waals surface area contributed by atoms with Gasteiger partial charge in [0, 0.05) is 12.3 Å². The number of hydrogen-bond donors (Lipinski definition) is 1. The fraction of sp³-hybridized carbons (Fsp3) is 0.188. The molecule has 0 radical (unpaired) electrons. The van der Waals surface area contributed by atoms with E-state index in [2.05, 4.69) is 18.2 Å². The number of ketones is 1. The SMILES string of the molecule is CC1=C(O)C(=O)C[C@@H]1c1cccc2ccccc12. The number of fused-ring (bicyclic) bond motifs is 1. The lowest BCUT2D eigenvalue weighted by atomic mass is 9.89. The molecular weight excluding hydrogens is 224 g/mol. The summed E-state index contributed by atoms with van der Waals surface area (Å²) < 4.78 is 0. The smallest absolute Gasteiger partial charge is 0.197 e. The fourth-order valence-electron chi connectivity index (χ4n) is 2.72. The van der Waals surface area contributed by atoms with E-state index in [9.17, 15) is 9.90 Å². The zero-order chi connectivity index (χ0) is 12.7. The zero-order valence-corrected chi connectivity index (χ0v) is 10.2. The van der Waals surface area contributed by atoms with Crippen LogP contribution in [0.15, 0.2) is 53.8 Å². The predicted octanol–water partition coefficient (Wildman–Crippen LogP) is 3.73. The second-order valence-corrected chi connectivity index (χ2v) is 4.78. The average Bonchev–Trinajstić information content (AvgIpc) is 2.66. The van der Waals surface area contributed by atoms with Gasteiger partial charge in [0.2, 0.25) is 0 Å². The molecule has 0 saturated carbocycles. The van der Waals surface area contributed by atoms with Crippen LogP contribution in [-0.4, -0.2) is 10.9 Å². The van der Waals surface area contributed by atoms with Gasteiger partial charge in [-0.15, -0.1) is 0 Å². The number of aliphatic hydroxyl groups excluding tert-OH is 1. The van der Waals surface area contributed by atoms with Crippen molar-refractivity contribution in [2.24, 2.45) is 0 Å². The highest BCUT2D eigenvalue weighted by molar-refractivity contribution is 5.99. The van der Waals surface area contributed by atoms with Crippen LogP contribution in [0.4, 0.5) is 0 Å². The summed E-state index contributed by atoms with van der Waals surface area (Å²) in [5.41, 5.74) is 1.92. The van der Waals surface area contributed by atoms with E-state index in [1.165, 1.54) is 5.39 Å². The Kier molecular flexibility index (Phi) is 2.44. The number of carbonyl (C=O) groups excluding carboxylic acids is 1. The van der Waals surface area contributed by atoms with Crippen molar-refractivity contribution in [1.82, 2.24) is 0 Å². The second-order valence-electron chi connectivity index (χ2n) is 4.78. The Morgan fingerprint density at radius 1 is 1.11 bits per heavy atom. The lowest BCUT2D eigenvalue weighted by Crippen LogP contribution is -1.99. The first-order chi connectivity index (χ1) is 8.68. The van der Waals surface area contributed by atoms with E-state index in [0.717, 1.165) is 16.5 Å². The number of Topliss-reactive ketones (excluding diaryl/α,β-unsaturated/α-hetero) is 1. The Labute approximate surface area is 106 Å². The first-order valence-electron chi connectivity index (χ1n) is 6.09. The van der Waals surface area contributed by atoms with Crippen LogP contribution >= 0.6 is 0 Å². The fourth-order valence-corrected chi connectivity index (χ4v) is 2.72. The molecule has 1 N–H and O–H groups in total. The van der Waals surface area contributed by atoms with Crippen LogP contribution in [-0.2, 0) is 4.79 Å². The molecule has 3 rings (SSSR count). The quantitative estimate of drug-likeness (QED) is 0.822. The normalized spacial score (nSPS) is 19.8. The Morgan fingerprint density at radius 2 is 1.83 bits per heavy atom. The average molecular weight is 238 g/mol. The zero-order valence-electron chi connectivity index (χ0n) is 10.2. The van der Waals surface area contributed by atoms with E-state index in [0.29, 0.717) is 6.42 Å². The highest BCUT2D eigenvalue weighted by Crippen LogP contribution is 2.39. The number of rotatable bonds is 1. The summed E-state index contributed by atoms with van der Waals surface area (Å²) in [6.07, 6.45) is 0.381. The summed E-state index contributed by atoms with van der Waals surface area (Å²) in [5, 5.41) is 12.0. The topological polar surface area (TPSA) is 37.3 Å². The monoisotopic (exact) mass is 238 g/mol. The van der Waals surface area contributed by atoms with Crippen LogP contribution in [0, 0.1) is 0 Å². The van der Waals surface area contributed by atoms with Gasteiger partial charge in [0.15, 0.2) is 11.5 Å². The number of aliphatic hydroxyl groups is 1. The summed E-state index contributed by atoms with van der Waals surface area (Å²) in [4.78, 5) is 11.6. The van der Waals surface area contributed by atoms with Crippen LogP contribution in [0.2, 0.25) is 0 Å². The second kappa shape index (κ2) is 3.98. The largest absolute Gasteiger partial charge is 0.504 e. The Morgan fingerprint density at radius 3 is 2.56 bits per heavy atom. The minimum absolute atomic E-state index is 0.0172. The maximum atomic E-state index is 11.6. The highest BCUT2D eigenvalue weighted by atomic mass is 16.3. The molecule has 1 atom stereocenters. The molecule has 0 fully saturated rings. The molecule has 0 bridgehead atoms. The van der Waals surface area contributed by atoms with Crippen LogP contribution in [0.1, 0.15) is 24.8 Å². The van der Waals surface area contributed by atoms with Gasteiger partial charge in [-0.1, -0.05) is 42.5 Å². The number of hydrogen-bond acceptors (Lipinski definition) is 2. The molecule has 0 amide bonds. The van der Waals surface area contributed by atoms with Gasteiger partial charge in [-0.2, -0.15) is 0 Å². The van der Waals surface area contributed by atoms with Crippen molar-refractivity contribution in [3.63, 3.8) is 0 Å². The molecule has 0 heterocycles. The summed E-state index contributed by atoms with van der Waals surface area (Å²) in [5.74, 6) is -0.179. The van der Waals surface area contributed by atoms with E-state index in [1.54, 1.807) is 0 Å². The minimum Gasteiger partial charge on any atom is -0.504 e. The Bertz CT molecular complexity index is 662. The molecule has 18 heavy (non-hydrogen) atoms. The molecule has 2 aromatic rings. The van der Waals surface area contributed by atoms with Gasteiger partial charge >= 0.3 is 0 Å². The molecule has 0 saturated heterocycles. The molecule has 0 aromatic heterocycles. The van der Waals surface area contributed by atoms with E-state index in [4.69, 9.17) is 0 Å². The molecule has 0 aliphatic heterocycles. The van der Waals surface area contributed by atoms with Crippen molar-refractivity contribution in [1.29, 1.82) is 0 Å². The van der Waals surface area contributed by atoms with Crippen LogP contribution < -0.4 is 0 Å². The predicted molar refractivity (Wildman–Crippen MR) is 71.6 cm³/mol. The molecular formula is C16H14O2. The molecule has 0 unspecified atom stereocenters. The van der Waals surface area contributed by atoms with Crippen molar-refractivity contribution < 1.29 is 9.90 Å². The van der Waals surface area contributed by atoms with E-state index >= 15 is 0 Å². The first kappa shape index (κ1) is 11.0. The van der Waals surface area contributed by atoms with Gasteiger partial charge in [0.1, 0.15) is 0 Å². The first-order valence-corrected chi connectivity index (χ1v) is 6.09. The van der Waals surface area contributed by atoms with Gasteiger partial charge in [-0.05, 0) is 28.8 Å². The van der Waals surface area contributed by atoms with Gasteiger partial charge in [0.25, 0.3) is 0 Å². The van der Waals surface area contributed by atoms with Crippen molar-refractivity contribution in [2.75, 3.05) is 0 Å². The van der Waals surface area contributed by atoms with Crippen LogP contribution in [0.5, 0.6) is 0 Å². The highest BCUT2D eigenvalue weighted by Gasteiger charge is 2.31. The molecule has 1 aliphatic carbocycles. The van der Waals surface area contributed by atoms with Gasteiger partial charge < -0.3 is 5.11 Å². The molecule has 1 aliphatic rings. The lowest BCUT2D eigenvalue weighted by Gasteiger charge is -2.14. The number of carbonyl (C=O) groups is 1. The summed E-state index contributed by atoms with van der Waals surface area (Å²) in [6, 6.07) is 14.3. The lowest BCUT2D eigenvalue weighted by molar-refractivity contribution is -0.117. The third-order valence-electron chi connectivity index (χ3n) is 3.75. The van der Waals surface area contributed by atoms with Gasteiger partial charge in [0.05, 0.1) is 0 Å². The third-order valence-corrected chi connectivity index (χ3v) is 3.75. The molecule has 2 aromatic carbocycles. The van der Waals surface area contributed by atoms with Crippen molar-refractivity contribution in [3.8, 4) is 0 Å². The van der Waals surface area contributed by atoms with Crippen molar-refractivity contribution in [2.45, 2.75) is 19.3 Å². The summed E-state index contributed by atoms with van der Waals surface area (Å²) in [6.45, 7) is 1.84. The third kappa shape index (κ3) is 1.53. The molecule has 2 heteroatoms. The summed E-state index contributed by atoms with van der Waals surface area (Å²) in [7, 11) is 0. The maximum Gasteiger partial charge on any atom is 0.197 e. The van der Waals surface area contributed by atoms with E-state index < -0.39 is 0 Å². The molecule has 0 spiro atoms. The van der Waals surface area contributed by atoms with Crippen molar-refractivity contribution >= 4 is 16.6 Å². The van der Waals surface area contributed by atoms with Gasteiger partial charge in [-0.3, -0.25) is 4.79 Å². The van der Waals surface area contributed by atoms with Crippen LogP contribution in [0.3, 0.4) is 0 Å². The maximum absolute atomic E-state index is 11.6. The number of allylic oxidation sites excluding steroid dienone is 2. The minimum atomic E-state index is -0.148. The Balaban J connectivity index is 2.20. The van der Waals surface area contributed by atoms with E-state index in [1.807, 2.05) is 31.2 Å². The standard InChI is InChI=1S/C16H14O2/c1-10-14(9-15(17)16(10)18)13-8-4-6-11-5-2-3-7-12(11)13/h2-8,14,18H,9H2,1H3/t14-/m0/s1. The van der Waals surface area contributed by atoms with E-state index in [-0.39, 0.29) is 17.5 Å². The number of benzene rings is 2. The van der Waals surface area contributed by atoms with Gasteiger partial charge in [-0.25, -0.2) is 0 Å². The molecule has 90 valence electrons. The Hall–Kier alpha value is -2.09. The van der Waals surface area contributed by atoms with Crippen LogP contribution in [0.25, 0.3) is 10.8 Å². The summed E-state index contributed by atoms with van der Waals surface area (Å²) >= 11 is 0.